The van der Waals surface area contributed by atoms with Crippen molar-refractivity contribution in [2.75, 3.05) is 25.4 Å². The second-order valence-corrected chi connectivity index (χ2v) is 7.57. The van der Waals surface area contributed by atoms with E-state index in [0.717, 1.165) is 13.1 Å². The SMILES string of the molecule is CCCCSc1ccc(C(C)NC(=O)CN2CCCCC2)cc1. The number of hydrogen-bond acceptors (Lipinski definition) is 3. The minimum atomic E-state index is 0.0713. The van der Waals surface area contributed by atoms with Crippen LogP contribution in [0, 0.1) is 0 Å². The van der Waals surface area contributed by atoms with Crippen molar-refractivity contribution in [1.29, 1.82) is 0 Å². The van der Waals surface area contributed by atoms with Gasteiger partial charge in [0.25, 0.3) is 0 Å². The van der Waals surface area contributed by atoms with Crippen LogP contribution in [-0.4, -0.2) is 36.2 Å². The van der Waals surface area contributed by atoms with E-state index >= 15 is 0 Å². The van der Waals surface area contributed by atoms with Gasteiger partial charge in [0, 0.05) is 4.90 Å². The molecule has 0 bridgehead atoms. The quantitative estimate of drug-likeness (QED) is 0.570. The third kappa shape index (κ3) is 6.56. The highest BCUT2D eigenvalue weighted by atomic mass is 32.2. The van der Waals surface area contributed by atoms with Crippen molar-refractivity contribution < 1.29 is 4.79 Å². The summed E-state index contributed by atoms with van der Waals surface area (Å²) in [6.45, 7) is 6.94. The average Bonchev–Trinajstić information content (AvgIpc) is 2.56. The van der Waals surface area contributed by atoms with Crippen molar-refractivity contribution in [3.63, 3.8) is 0 Å². The zero-order chi connectivity index (χ0) is 16.5. The smallest absolute Gasteiger partial charge is 0.234 e. The van der Waals surface area contributed by atoms with E-state index in [1.807, 2.05) is 11.8 Å². The van der Waals surface area contributed by atoms with Crippen LogP contribution in [0.5, 0.6) is 0 Å². The largest absolute Gasteiger partial charge is 0.348 e. The molecule has 1 aromatic carbocycles. The molecule has 4 heteroatoms. The van der Waals surface area contributed by atoms with E-state index in [-0.39, 0.29) is 11.9 Å². The molecule has 0 aromatic heterocycles. The fourth-order valence-electron chi connectivity index (χ4n) is 2.88. The summed E-state index contributed by atoms with van der Waals surface area (Å²) in [5.74, 6) is 1.32. The van der Waals surface area contributed by atoms with E-state index in [0.29, 0.717) is 6.54 Å². The van der Waals surface area contributed by atoms with Gasteiger partial charge < -0.3 is 5.32 Å². The van der Waals surface area contributed by atoms with E-state index in [2.05, 4.69) is 48.3 Å². The molecule has 1 heterocycles. The average molecular weight is 335 g/mol. The lowest BCUT2D eigenvalue weighted by molar-refractivity contribution is -0.123. The van der Waals surface area contributed by atoms with Crippen molar-refractivity contribution in [2.24, 2.45) is 0 Å². The van der Waals surface area contributed by atoms with E-state index in [1.165, 1.54) is 48.3 Å². The number of nitrogens with zero attached hydrogens (tertiary/aromatic N) is 1. The van der Waals surface area contributed by atoms with Crippen LogP contribution in [0.2, 0.25) is 0 Å². The second-order valence-electron chi connectivity index (χ2n) is 6.40. The Morgan fingerprint density at radius 2 is 1.91 bits per heavy atom. The first-order valence-corrected chi connectivity index (χ1v) is 9.92. The molecule has 1 aromatic rings. The van der Waals surface area contributed by atoms with Gasteiger partial charge in [0.2, 0.25) is 5.91 Å². The summed E-state index contributed by atoms with van der Waals surface area (Å²) in [6.07, 6.45) is 6.25. The van der Waals surface area contributed by atoms with Gasteiger partial charge in [-0.15, -0.1) is 11.8 Å². The number of rotatable bonds is 8. The van der Waals surface area contributed by atoms with Gasteiger partial charge in [0.05, 0.1) is 12.6 Å². The predicted octanol–water partition coefficient (Wildman–Crippen LogP) is 4.24. The predicted molar refractivity (Wildman–Crippen MR) is 98.9 cm³/mol. The van der Waals surface area contributed by atoms with Gasteiger partial charge in [-0.05, 0) is 62.7 Å². The maximum Gasteiger partial charge on any atom is 0.234 e. The molecule has 3 nitrogen and oxygen atoms in total. The van der Waals surface area contributed by atoms with Crippen LogP contribution in [0.4, 0.5) is 0 Å². The van der Waals surface area contributed by atoms with Crippen molar-refractivity contribution >= 4 is 17.7 Å². The standard InChI is InChI=1S/C19H30N2OS/c1-3-4-14-23-18-10-8-17(9-11-18)16(2)20-19(22)15-21-12-6-5-7-13-21/h8-11,16H,3-7,12-15H2,1-2H3,(H,20,22). The van der Waals surface area contributed by atoms with Crippen LogP contribution in [0.25, 0.3) is 0 Å². The number of thioether (sulfide) groups is 1. The highest BCUT2D eigenvalue weighted by molar-refractivity contribution is 7.99. The fraction of sp³-hybridized carbons (Fsp3) is 0.632. The highest BCUT2D eigenvalue weighted by Gasteiger charge is 2.15. The van der Waals surface area contributed by atoms with Crippen LogP contribution in [0.3, 0.4) is 0 Å². The summed E-state index contributed by atoms with van der Waals surface area (Å²) >= 11 is 1.91. The Morgan fingerprint density at radius 1 is 1.22 bits per heavy atom. The summed E-state index contributed by atoms with van der Waals surface area (Å²) in [5.41, 5.74) is 1.18. The number of unbranched alkanes of at least 4 members (excludes halogenated alkanes) is 1. The first-order valence-electron chi connectivity index (χ1n) is 8.93. The molecule has 0 radical (unpaired) electrons. The number of hydrogen-bond donors (Lipinski definition) is 1. The Kier molecular flexibility index (Phi) is 7.96. The summed E-state index contributed by atoms with van der Waals surface area (Å²) in [4.78, 5) is 15.8. The van der Waals surface area contributed by atoms with Crippen molar-refractivity contribution in [3.8, 4) is 0 Å². The van der Waals surface area contributed by atoms with Crippen molar-refractivity contribution in [2.45, 2.75) is 56.9 Å². The molecule has 1 unspecified atom stereocenters. The maximum atomic E-state index is 12.2. The van der Waals surface area contributed by atoms with Gasteiger partial charge in [0.1, 0.15) is 0 Å². The normalized spacial score (nSPS) is 17.0. The van der Waals surface area contributed by atoms with Crippen LogP contribution >= 0.6 is 11.8 Å². The number of piperidine rings is 1. The molecule has 128 valence electrons. The van der Waals surface area contributed by atoms with Gasteiger partial charge >= 0.3 is 0 Å². The number of amides is 1. The minimum absolute atomic E-state index is 0.0713. The highest BCUT2D eigenvalue weighted by Crippen LogP contribution is 2.22. The summed E-state index contributed by atoms with van der Waals surface area (Å²) in [5, 5.41) is 3.13. The van der Waals surface area contributed by atoms with Gasteiger partial charge in [-0.1, -0.05) is 31.9 Å². The molecule has 1 fully saturated rings. The molecule has 1 N–H and O–H groups in total. The van der Waals surface area contributed by atoms with E-state index in [4.69, 9.17) is 0 Å². The van der Waals surface area contributed by atoms with Gasteiger partial charge in [-0.3, -0.25) is 9.69 Å². The van der Waals surface area contributed by atoms with Crippen LogP contribution in [-0.2, 0) is 4.79 Å². The Balaban J connectivity index is 1.77. The maximum absolute atomic E-state index is 12.2. The number of carbonyl (C=O) groups excluding carboxylic acids is 1. The van der Waals surface area contributed by atoms with Gasteiger partial charge in [0.15, 0.2) is 0 Å². The van der Waals surface area contributed by atoms with Crippen LogP contribution in [0.15, 0.2) is 29.2 Å². The van der Waals surface area contributed by atoms with E-state index in [1.54, 1.807) is 0 Å². The molecule has 0 aliphatic carbocycles. The second kappa shape index (κ2) is 9.99. The lowest BCUT2D eigenvalue weighted by Crippen LogP contribution is -2.40. The Hall–Kier alpha value is -1.00. The molecule has 23 heavy (non-hydrogen) atoms. The van der Waals surface area contributed by atoms with E-state index in [9.17, 15) is 4.79 Å². The Labute approximate surface area is 145 Å². The number of nitrogens with one attached hydrogen (secondary N) is 1. The van der Waals surface area contributed by atoms with Gasteiger partial charge in [-0.25, -0.2) is 0 Å². The van der Waals surface area contributed by atoms with Gasteiger partial charge in [-0.2, -0.15) is 0 Å². The number of benzene rings is 1. The molecule has 2 rings (SSSR count). The Bertz CT molecular complexity index is 469. The topological polar surface area (TPSA) is 32.3 Å². The third-order valence-electron chi connectivity index (χ3n) is 4.34. The first kappa shape index (κ1) is 18.3. The van der Waals surface area contributed by atoms with Crippen LogP contribution in [0.1, 0.15) is 57.6 Å². The summed E-state index contributed by atoms with van der Waals surface area (Å²) in [7, 11) is 0. The number of carbonyl (C=O) groups is 1. The minimum Gasteiger partial charge on any atom is -0.348 e. The van der Waals surface area contributed by atoms with Crippen molar-refractivity contribution in [3.05, 3.63) is 29.8 Å². The zero-order valence-corrected chi connectivity index (χ0v) is 15.3. The molecule has 1 atom stereocenters. The molecular formula is C19H30N2OS. The van der Waals surface area contributed by atoms with E-state index < -0.39 is 0 Å². The summed E-state index contributed by atoms with van der Waals surface area (Å²) in [6, 6.07) is 8.69. The third-order valence-corrected chi connectivity index (χ3v) is 5.44. The van der Waals surface area contributed by atoms with Crippen LogP contribution < -0.4 is 5.32 Å². The molecule has 1 aliphatic rings. The first-order chi connectivity index (χ1) is 11.2. The lowest BCUT2D eigenvalue weighted by atomic mass is 10.1. The lowest BCUT2D eigenvalue weighted by Gasteiger charge is -2.26. The zero-order valence-electron chi connectivity index (χ0n) is 14.5. The number of likely N-dealkylation sites (tertiary alicyclic amines) is 1. The molecular weight excluding hydrogens is 304 g/mol. The molecule has 0 spiro atoms. The summed E-state index contributed by atoms with van der Waals surface area (Å²) < 4.78 is 0. The molecule has 0 saturated carbocycles. The van der Waals surface area contributed by atoms with Crippen molar-refractivity contribution in [1.82, 2.24) is 10.2 Å². The molecule has 1 aliphatic heterocycles. The molecule has 1 amide bonds. The Morgan fingerprint density at radius 3 is 2.57 bits per heavy atom. The fourth-order valence-corrected chi connectivity index (χ4v) is 3.88. The monoisotopic (exact) mass is 334 g/mol. The molecule has 1 saturated heterocycles.